The van der Waals surface area contributed by atoms with E-state index in [-0.39, 0.29) is 11.6 Å². The smallest absolute Gasteiger partial charge is 0.293 e. The Morgan fingerprint density at radius 2 is 1.78 bits per heavy atom. The lowest BCUT2D eigenvalue weighted by Gasteiger charge is -2.13. The third-order valence-electron chi connectivity index (χ3n) is 5.15. The quantitative estimate of drug-likeness (QED) is 0.343. The summed E-state index contributed by atoms with van der Waals surface area (Å²) in [7, 11) is 0. The van der Waals surface area contributed by atoms with E-state index in [1.165, 1.54) is 12.1 Å². The number of aromatic nitrogens is 1. The Balaban J connectivity index is 1.66. The summed E-state index contributed by atoms with van der Waals surface area (Å²) in [5.74, 6) is -0.908. The fourth-order valence-corrected chi connectivity index (χ4v) is 5.00. The van der Waals surface area contributed by atoms with Gasteiger partial charge in [0, 0.05) is 16.4 Å². The molecule has 2 heterocycles. The molecule has 32 heavy (non-hydrogen) atoms. The molecule has 0 atom stereocenters. The van der Waals surface area contributed by atoms with Crippen LogP contribution in [0.2, 0.25) is 15.1 Å². The van der Waals surface area contributed by atoms with Crippen LogP contribution in [-0.4, -0.2) is 20.6 Å². The number of rotatable bonds is 4. The lowest BCUT2D eigenvalue weighted by molar-refractivity contribution is -0.123. The minimum absolute atomic E-state index is 0.0295. The number of amides is 2. The number of thioether (sulfide) groups is 1. The first-order chi connectivity index (χ1) is 15.2. The van der Waals surface area contributed by atoms with Crippen LogP contribution in [0.15, 0.2) is 47.4 Å². The van der Waals surface area contributed by atoms with Crippen molar-refractivity contribution in [3.05, 3.63) is 90.8 Å². The normalized spacial score (nSPS) is 15.3. The number of imide groups is 1. The summed E-state index contributed by atoms with van der Waals surface area (Å²) in [4.78, 5) is 26.8. The molecule has 3 aromatic rings. The summed E-state index contributed by atoms with van der Waals surface area (Å²) in [5, 5.41) is 0.626. The van der Waals surface area contributed by atoms with E-state index < -0.39 is 17.0 Å². The topological polar surface area (TPSA) is 42.3 Å². The monoisotopic (exact) mass is 508 g/mol. The standard InChI is InChI=1S/C23H16Cl3FN2O2S/c1-12-8-15(13(2)29(12)19-5-3-4-17(24)21(19)26)9-20-22(30)28(23(31)32-20)11-14-6-7-16(27)10-18(14)25/h3-10H,11H2,1-2H3/b20-9-. The molecule has 4 rings (SSSR count). The molecular formula is C23H16Cl3FN2O2S. The highest BCUT2D eigenvalue weighted by atomic mass is 35.5. The van der Waals surface area contributed by atoms with Gasteiger partial charge in [0.25, 0.3) is 11.1 Å². The van der Waals surface area contributed by atoms with Gasteiger partial charge >= 0.3 is 0 Å². The Kier molecular flexibility index (Phi) is 6.41. The van der Waals surface area contributed by atoms with Crippen LogP contribution in [0.25, 0.3) is 11.8 Å². The van der Waals surface area contributed by atoms with Gasteiger partial charge in [-0.15, -0.1) is 0 Å². The van der Waals surface area contributed by atoms with Crippen molar-refractivity contribution in [2.75, 3.05) is 0 Å². The molecule has 0 spiro atoms. The molecule has 0 bridgehead atoms. The van der Waals surface area contributed by atoms with E-state index in [0.717, 1.165) is 45.4 Å². The number of carbonyl (C=O) groups is 2. The van der Waals surface area contributed by atoms with Crippen molar-refractivity contribution >= 4 is 63.8 Å². The highest BCUT2D eigenvalue weighted by Crippen LogP contribution is 2.36. The zero-order valence-corrected chi connectivity index (χ0v) is 20.0. The average Bonchev–Trinajstić information content (AvgIpc) is 3.15. The van der Waals surface area contributed by atoms with Gasteiger partial charge in [0.2, 0.25) is 0 Å². The van der Waals surface area contributed by atoms with Crippen molar-refractivity contribution in [1.29, 1.82) is 0 Å². The van der Waals surface area contributed by atoms with Crippen molar-refractivity contribution in [3.63, 3.8) is 0 Å². The number of aryl methyl sites for hydroxylation is 1. The van der Waals surface area contributed by atoms with Crippen LogP contribution in [0.5, 0.6) is 0 Å². The van der Waals surface area contributed by atoms with Crippen molar-refractivity contribution in [1.82, 2.24) is 9.47 Å². The van der Waals surface area contributed by atoms with Gasteiger partial charge in [-0.05, 0) is 73.1 Å². The lowest BCUT2D eigenvalue weighted by atomic mass is 10.2. The number of hydrogen-bond acceptors (Lipinski definition) is 3. The SMILES string of the molecule is Cc1cc(/C=C2\SC(=O)N(Cc3ccc(F)cc3Cl)C2=O)c(C)n1-c1cccc(Cl)c1Cl. The van der Waals surface area contributed by atoms with Gasteiger partial charge in [-0.2, -0.15) is 0 Å². The number of carbonyl (C=O) groups excluding carboxylic acids is 2. The zero-order valence-electron chi connectivity index (χ0n) is 17.0. The molecule has 9 heteroatoms. The van der Waals surface area contributed by atoms with E-state index in [4.69, 9.17) is 34.8 Å². The molecule has 4 nitrogen and oxygen atoms in total. The maximum atomic E-state index is 13.3. The summed E-state index contributed by atoms with van der Waals surface area (Å²) in [6.07, 6.45) is 1.69. The average molecular weight is 510 g/mol. The largest absolute Gasteiger partial charge is 0.316 e. The Morgan fingerprint density at radius 1 is 1.03 bits per heavy atom. The summed E-state index contributed by atoms with van der Waals surface area (Å²) in [5.41, 5.74) is 3.75. The van der Waals surface area contributed by atoms with Gasteiger partial charge in [0.1, 0.15) is 5.82 Å². The van der Waals surface area contributed by atoms with E-state index in [1.54, 1.807) is 12.1 Å². The number of hydrogen-bond donors (Lipinski definition) is 0. The second-order valence-corrected chi connectivity index (χ2v) is 9.42. The van der Waals surface area contributed by atoms with Gasteiger partial charge in [-0.1, -0.05) is 46.9 Å². The van der Waals surface area contributed by atoms with Gasteiger partial charge in [0.15, 0.2) is 0 Å². The van der Waals surface area contributed by atoms with Gasteiger partial charge < -0.3 is 4.57 Å². The van der Waals surface area contributed by atoms with E-state index >= 15 is 0 Å². The van der Waals surface area contributed by atoms with Crippen molar-refractivity contribution < 1.29 is 14.0 Å². The summed E-state index contributed by atoms with van der Waals surface area (Å²) < 4.78 is 15.2. The highest BCUT2D eigenvalue weighted by Gasteiger charge is 2.35. The van der Waals surface area contributed by atoms with Crippen LogP contribution in [0.1, 0.15) is 22.5 Å². The van der Waals surface area contributed by atoms with E-state index in [0.29, 0.717) is 20.5 Å². The van der Waals surface area contributed by atoms with Crippen molar-refractivity contribution in [3.8, 4) is 5.69 Å². The first-order valence-electron chi connectivity index (χ1n) is 9.50. The van der Waals surface area contributed by atoms with Crippen LogP contribution in [0, 0.1) is 19.7 Å². The number of halogens is 4. The van der Waals surface area contributed by atoms with Gasteiger partial charge in [0.05, 0.1) is 27.2 Å². The molecule has 0 unspecified atom stereocenters. The van der Waals surface area contributed by atoms with E-state index in [1.807, 2.05) is 36.6 Å². The Morgan fingerprint density at radius 3 is 2.50 bits per heavy atom. The minimum Gasteiger partial charge on any atom is -0.316 e. The molecule has 1 saturated heterocycles. The summed E-state index contributed by atoms with van der Waals surface area (Å²) in [6, 6.07) is 11.2. The van der Waals surface area contributed by atoms with Crippen LogP contribution >= 0.6 is 46.6 Å². The summed E-state index contributed by atoms with van der Waals surface area (Å²) >= 11 is 19.5. The molecule has 0 N–H and O–H groups in total. The molecule has 1 aliphatic rings. The first-order valence-corrected chi connectivity index (χ1v) is 11.4. The fraction of sp³-hybridized carbons (Fsp3) is 0.130. The summed E-state index contributed by atoms with van der Waals surface area (Å²) in [6.45, 7) is 3.79. The molecule has 0 saturated carbocycles. The predicted molar refractivity (Wildman–Crippen MR) is 128 cm³/mol. The van der Waals surface area contributed by atoms with Crippen LogP contribution in [0.3, 0.4) is 0 Å². The van der Waals surface area contributed by atoms with Crippen LogP contribution in [0.4, 0.5) is 9.18 Å². The molecule has 0 radical (unpaired) electrons. The maximum absolute atomic E-state index is 13.3. The maximum Gasteiger partial charge on any atom is 0.293 e. The molecule has 0 aliphatic carbocycles. The molecule has 1 aromatic heterocycles. The molecular weight excluding hydrogens is 494 g/mol. The zero-order chi connectivity index (χ0) is 23.2. The van der Waals surface area contributed by atoms with Crippen LogP contribution in [-0.2, 0) is 11.3 Å². The van der Waals surface area contributed by atoms with Gasteiger partial charge in [-0.25, -0.2) is 4.39 Å². The van der Waals surface area contributed by atoms with E-state index in [2.05, 4.69) is 0 Å². The third kappa shape index (κ3) is 4.20. The second-order valence-electron chi connectivity index (χ2n) is 7.24. The molecule has 164 valence electrons. The number of benzene rings is 2. The highest BCUT2D eigenvalue weighted by molar-refractivity contribution is 8.18. The van der Waals surface area contributed by atoms with Gasteiger partial charge in [-0.3, -0.25) is 14.5 Å². The molecule has 2 amide bonds. The second kappa shape index (κ2) is 8.94. The predicted octanol–water partition coefficient (Wildman–Crippen LogP) is 7.43. The van der Waals surface area contributed by atoms with E-state index in [9.17, 15) is 14.0 Å². The number of nitrogens with zero attached hydrogens (tertiary/aromatic N) is 2. The first kappa shape index (κ1) is 22.9. The molecule has 2 aromatic carbocycles. The lowest BCUT2D eigenvalue weighted by Crippen LogP contribution is -2.27. The van der Waals surface area contributed by atoms with Crippen LogP contribution < -0.4 is 0 Å². The Hall–Kier alpha value is -2.25. The Labute approximate surface area is 203 Å². The third-order valence-corrected chi connectivity index (χ3v) is 7.21. The molecule has 1 aliphatic heterocycles. The Bertz CT molecular complexity index is 1300. The van der Waals surface area contributed by atoms with Crippen molar-refractivity contribution in [2.24, 2.45) is 0 Å². The van der Waals surface area contributed by atoms with Crippen molar-refractivity contribution in [2.45, 2.75) is 20.4 Å². The molecule has 1 fully saturated rings. The minimum atomic E-state index is -0.483. The fourth-order valence-electron chi connectivity index (χ4n) is 3.57.